The smallest absolute Gasteiger partial charge is 0.306 e. The van der Waals surface area contributed by atoms with E-state index in [1.165, 1.54) is 83.5 Å². The average Bonchev–Trinajstić information content (AvgIpc) is 2.79. The van der Waals surface area contributed by atoms with E-state index in [0.29, 0.717) is 12.3 Å². The summed E-state index contributed by atoms with van der Waals surface area (Å²) in [5.74, 6) is 0.632. The Kier molecular flexibility index (Phi) is 11.5. The first kappa shape index (κ1) is 19.5. The summed E-state index contributed by atoms with van der Waals surface area (Å²) >= 11 is 0. The lowest BCUT2D eigenvalue weighted by Crippen LogP contribution is -2.23. The summed E-state index contributed by atoms with van der Waals surface area (Å²) in [5.41, 5.74) is 0. The SMILES string of the molecule is CCCCCCCCCCC(=O)OC(C)C1CCCCCC1. The first-order valence-corrected chi connectivity index (χ1v) is 9.93. The number of hydrogen-bond donors (Lipinski definition) is 0. The van der Waals surface area contributed by atoms with Crippen LogP contribution in [-0.4, -0.2) is 12.1 Å². The summed E-state index contributed by atoms with van der Waals surface area (Å²) < 4.78 is 5.67. The van der Waals surface area contributed by atoms with Gasteiger partial charge in [-0.2, -0.15) is 0 Å². The third-order valence-corrected chi connectivity index (χ3v) is 5.12. The third-order valence-electron chi connectivity index (χ3n) is 5.12. The van der Waals surface area contributed by atoms with Gasteiger partial charge in [0.05, 0.1) is 0 Å². The zero-order valence-electron chi connectivity index (χ0n) is 15.1. The summed E-state index contributed by atoms with van der Waals surface area (Å²) in [6.07, 6.45) is 18.8. The van der Waals surface area contributed by atoms with Gasteiger partial charge in [0.25, 0.3) is 0 Å². The summed E-state index contributed by atoms with van der Waals surface area (Å²) in [5, 5.41) is 0. The molecule has 0 aromatic rings. The summed E-state index contributed by atoms with van der Waals surface area (Å²) in [7, 11) is 0. The van der Waals surface area contributed by atoms with Gasteiger partial charge in [-0.15, -0.1) is 0 Å². The molecule has 1 atom stereocenters. The fourth-order valence-corrected chi connectivity index (χ4v) is 3.55. The predicted octanol–water partition coefficient (Wildman–Crippen LogP) is 6.42. The Morgan fingerprint density at radius 1 is 0.909 bits per heavy atom. The van der Waals surface area contributed by atoms with Crippen molar-refractivity contribution in [1.29, 1.82) is 0 Å². The lowest BCUT2D eigenvalue weighted by atomic mass is 9.95. The summed E-state index contributed by atoms with van der Waals surface area (Å²) in [4.78, 5) is 11.9. The van der Waals surface area contributed by atoms with Gasteiger partial charge in [0.2, 0.25) is 0 Å². The van der Waals surface area contributed by atoms with Crippen LogP contribution < -0.4 is 0 Å². The van der Waals surface area contributed by atoms with E-state index < -0.39 is 0 Å². The molecule has 1 aliphatic carbocycles. The lowest BCUT2D eigenvalue weighted by Gasteiger charge is -2.22. The van der Waals surface area contributed by atoms with Crippen LogP contribution in [0.1, 0.15) is 110 Å². The molecule has 0 N–H and O–H groups in total. The Balaban J connectivity index is 2.00. The fraction of sp³-hybridized carbons (Fsp3) is 0.950. The molecular formula is C20H38O2. The van der Waals surface area contributed by atoms with Crippen molar-refractivity contribution in [2.24, 2.45) is 5.92 Å². The second-order valence-corrected chi connectivity index (χ2v) is 7.17. The lowest BCUT2D eigenvalue weighted by molar-refractivity contribution is -0.151. The van der Waals surface area contributed by atoms with Gasteiger partial charge in [-0.05, 0) is 32.1 Å². The monoisotopic (exact) mass is 310 g/mol. The number of ether oxygens (including phenoxy) is 1. The average molecular weight is 311 g/mol. The number of carbonyl (C=O) groups is 1. The van der Waals surface area contributed by atoms with Crippen molar-refractivity contribution in [3.05, 3.63) is 0 Å². The molecule has 0 aliphatic heterocycles. The van der Waals surface area contributed by atoms with Crippen LogP contribution in [-0.2, 0) is 9.53 Å². The van der Waals surface area contributed by atoms with E-state index in [1.807, 2.05) is 0 Å². The van der Waals surface area contributed by atoms with Gasteiger partial charge in [0, 0.05) is 6.42 Å². The zero-order chi connectivity index (χ0) is 16.0. The fourth-order valence-electron chi connectivity index (χ4n) is 3.55. The number of hydrogen-bond acceptors (Lipinski definition) is 2. The molecule has 0 amide bonds. The molecule has 0 radical (unpaired) electrons. The van der Waals surface area contributed by atoms with Gasteiger partial charge < -0.3 is 4.74 Å². The van der Waals surface area contributed by atoms with Crippen molar-refractivity contribution in [2.45, 2.75) is 116 Å². The van der Waals surface area contributed by atoms with Crippen molar-refractivity contribution in [2.75, 3.05) is 0 Å². The number of rotatable bonds is 11. The maximum atomic E-state index is 11.9. The topological polar surface area (TPSA) is 26.3 Å². The quantitative estimate of drug-likeness (QED) is 0.250. The van der Waals surface area contributed by atoms with Crippen LogP contribution in [0.15, 0.2) is 0 Å². The van der Waals surface area contributed by atoms with Crippen molar-refractivity contribution < 1.29 is 9.53 Å². The van der Waals surface area contributed by atoms with Crippen molar-refractivity contribution in [3.8, 4) is 0 Å². The van der Waals surface area contributed by atoms with E-state index in [-0.39, 0.29) is 12.1 Å². The zero-order valence-corrected chi connectivity index (χ0v) is 15.1. The summed E-state index contributed by atoms with van der Waals surface area (Å²) in [6.45, 7) is 4.35. The van der Waals surface area contributed by atoms with Crippen LogP contribution in [0.2, 0.25) is 0 Å². The number of unbranched alkanes of at least 4 members (excludes halogenated alkanes) is 7. The molecular weight excluding hydrogens is 272 g/mol. The Bertz CT molecular complexity index is 267. The minimum Gasteiger partial charge on any atom is -0.462 e. The highest BCUT2D eigenvalue weighted by Crippen LogP contribution is 2.27. The molecule has 2 nitrogen and oxygen atoms in total. The molecule has 22 heavy (non-hydrogen) atoms. The Labute approximate surface area is 138 Å². The molecule has 0 saturated heterocycles. The van der Waals surface area contributed by atoms with Crippen LogP contribution in [0.5, 0.6) is 0 Å². The molecule has 2 heteroatoms. The normalized spacial score (nSPS) is 17.9. The molecule has 1 saturated carbocycles. The first-order valence-electron chi connectivity index (χ1n) is 9.93. The maximum absolute atomic E-state index is 11.9. The Morgan fingerprint density at radius 2 is 1.45 bits per heavy atom. The molecule has 1 fully saturated rings. The second-order valence-electron chi connectivity index (χ2n) is 7.17. The highest BCUT2D eigenvalue weighted by molar-refractivity contribution is 5.69. The van der Waals surface area contributed by atoms with Gasteiger partial charge >= 0.3 is 5.97 Å². The first-order chi connectivity index (χ1) is 10.7. The highest BCUT2D eigenvalue weighted by atomic mass is 16.5. The minimum absolute atomic E-state index is 0.0303. The molecule has 0 bridgehead atoms. The van der Waals surface area contributed by atoms with Crippen LogP contribution in [0.3, 0.4) is 0 Å². The molecule has 130 valence electrons. The molecule has 1 unspecified atom stereocenters. The van der Waals surface area contributed by atoms with E-state index in [1.54, 1.807) is 0 Å². The summed E-state index contributed by atoms with van der Waals surface area (Å²) in [6, 6.07) is 0. The van der Waals surface area contributed by atoms with Crippen LogP contribution in [0.4, 0.5) is 0 Å². The van der Waals surface area contributed by atoms with E-state index in [0.717, 1.165) is 6.42 Å². The van der Waals surface area contributed by atoms with Gasteiger partial charge in [-0.1, -0.05) is 77.6 Å². The highest BCUT2D eigenvalue weighted by Gasteiger charge is 2.21. The molecule has 1 rings (SSSR count). The van der Waals surface area contributed by atoms with Gasteiger partial charge in [-0.3, -0.25) is 4.79 Å². The largest absolute Gasteiger partial charge is 0.462 e. The van der Waals surface area contributed by atoms with E-state index in [2.05, 4.69) is 13.8 Å². The van der Waals surface area contributed by atoms with Crippen LogP contribution >= 0.6 is 0 Å². The van der Waals surface area contributed by atoms with E-state index >= 15 is 0 Å². The number of carbonyl (C=O) groups excluding carboxylic acids is 1. The molecule has 0 spiro atoms. The second kappa shape index (κ2) is 13.0. The molecule has 1 aliphatic rings. The molecule has 0 heterocycles. The minimum atomic E-state index is 0.0303. The van der Waals surface area contributed by atoms with E-state index in [4.69, 9.17) is 4.74 Å². The van der Waals surface area contributed by atoms with Crippen molar-refractivity contribution in [3.63, 3.8) is 0 Å². The molecule has 0 aromatic carbocycles. The standard InChI is InChI=1S/C20H38O2/c1-3-4-5-6-7-8-9-14-17-20(21)22-18(2)19-15-12-10-11-13-16-19/h18-19H,3-17H2,1-2H3. The molecule has 0 aromatic heterocycles. The maximum Gasteiger partial charge on any atom is 0.306 e. The Morgan fingerprint density at radius 3 is 2.05 bits per heavy atom. The predicted molar refractivity (Wildman–Crippen MR) is 94.0 cm³/mol. The van der Waals surface area contributed by atoms with Crippen molar-refractivity contribution >= 4 is 5.97 Å². The van der Waals surface area contributed by atoms with Gasteiger partial charge in [0.15, 0.2) is 0 Å². The van der Waals surface area contributed by atoms with E-state index in [9.17, 15) is 4.79 Å². The van der Waals surface area contributed by atoms with Gasteiger partial charge in [0.1, 0.15) is 6.10 Å². The van der Waals surface area contributed by atoms with Crippen LogP contribution in [0, 0.1) is 5.92 Å². The van der Waals surface area contributed by atoms with Crippen LogP contribution in [0.25, 0.3) is 0 Å². The van der Waals surface area contributed by atoms with Crippen molar-refractivity contribution in [1.82, 2.24) is 0 Å². The van der Waals surface area contributed by atoms with Gasteiger partial charge in [-0.25, -0.2) is 0 Å². The number of esters is 1. The third kappa shape index (κ3) is 9.48. The Hall–Kier alpha value is -0.530.